The molecule has 32 heavy (non-hydrogen) atoms. The molecule has 1 aliphatic carbocycles. The van der Waals surface area contributed by atoms with Crippen molar-refractivity contribution in [1.82, 2.24) is 14.1 Å². The summed E-state index contributed by atoms with van der Waals surface area (Å²) in [4.78, 5) is 13.4. The summed E-state index contributed by atoms with van der Waals surface area (Å²) >= 11 is 1.53. The van der Waals surface area contributed by atoms with Crippen LogP contribution in [0, 0.1) is 11.6 Å². The van der Waals surface area contributed by atoms with Gasteiger partial charge >= 0.3 is 0 Å². The van der Waals surface area contributed by atoms with Crippen LogP contribution in [0.3, 0.4) is 0 Å². The smallest absolute Gasteiger partial charge is 0.270 e. The van der Waals surface area contributed by atoms with Crippen LogP contribution in [0.4, 0.5) is 8.78 Å². The van der Waals surface area contributed by atoms with E-state index in [0.29, 0.717) is 23.1 Å². The van der Waals surface area contributed by atoms with Crippen LogP contribution in [0.1, 0.15) is 49.0 Å². The number of rotatable bonds is 6. The van der Waals surface area contributed by atoms with E-state index in [1.807, 2.05) is 31.8 Å². The Morgan fingerprint density at radius 3 is 2.62 bits per heavy atom. The molecule has 1 aromatic heterocycles. The molecule has 1 heterocycles. The zero-order valence-corrected chi connectivity index (χ0v) is 19.7. The predicted molar refractivity (Wildman–Crippen MR) is 127 cm³/mol. The van der Waals surface area contributed by atoms with E-state index in [-0.39, 0.29) is 29.4 Å². The maximum absolute atomic E-state index is 15.6. The predicted octanol–water partition coefficient (Wildman–Crippen LogP) is 5.22. The Bertz CT molecular complexity index is 1180. The van der Waals surface area contributed by atoms with E-state index >= 15 is 4.39 Å². The molecular formula is C25H29F2N3OS. The van der Waals surface area contributed by atoms with Gasteiger partial charge in [0.05, 0.1) is 0 Å². The van der Waals surface area contributed by atoms with Gasteiger partial charge in [-0.15, -0.1) is 0 Å². The third-order valence-corrected chi connectivity index (χ3v) is 6.96. The molecule has 1 N–H and O–H groups in total. The second-order valence-corrected chi connectivity index (χ2v) is 9.34. The number of halogens is 2. The van der Waals surface area contributed by atoms with Gasteiger partial charge in [-0.1, -0.05) is 42.3 Å². The normalized spacial score (nSPS) is 18.2. The van der Waals surface area contributed by atoms with Crippen LogP contribution < -0.4 is 10.3 Å². The molecular weight excluding hydrogens is 428 g/mol. The number of fused-ring (bicyclic) bond motifs is 1. The van der Waals surface area contributed by atoms with Crippen molar-refractivity contribution in [1.29, 1.82) is 0 Å². The van der Waals surface area contributed by atoms with Gasteiger partial charge in [-0.3, -0.25) is 14.2 Å². The second kappa shape index (κ2) is 9.24. The molecule has 0 amide bonds. The fraction of sp³-hybridized carbons (Fsp3) is 0.400. The maximum atomic E-state index is 15.6. The molecule has 4 rings (SSSR count). The summed E-state index contributed by atoms with van der Waals surface area (Å²) < 4.78 is 36.6. The first-order valence-electron chi connectivity index (χ1n) is 11.0. The Balaban J connectivity index is 1.79. The first-order valence-corrected chi connectivity index (χ1v) is 12.2. The van der Waals surface area contributed by atoms with E-state index in [4.69, 9.17) is 0 Å². The number of hydrogen-bond acceptors (Lipinski definition) is 3. The molecule has 3 aromatic rings. The van der Waals surface area contributed by atoms with E-state index in [1.54, 1.807) is 35.0 Å². The van der Waals surface area contributed by atoms with Crippen LogP contribution in [0.5, 0.6) is 0 Å². The van der Waals surface area contributed by atoms with Crippen LogP contribution in [-0.2, 0) is 19.9 Å². The van der Waals surface area contributed by atoms with Gasteiger partial charge in [0.2, 0.25) is 0 Å². The maximum Gasteiger partial charge on any atom is 0.270 e. The minimum Gasteiger partial charge on any atom is -0.289 e. The fourth-order valence-corrected chi connectivity index (χ4v) is 5.61. The van der Waals surface area contributed by atoms with Crippen LogP contribution in [0.25, 0.3) is 11.1 Å². The highest BCUT2D eigenvalue weighted by atomic mass is 32.2. The molecule has 0 aliphatic heterocycles. The number of aromatic nitrogens is 2. The number of hydrogen-bond donors (Lipinski definition) is 1. The molecule has 2 aromatic carbocycles. The Labute approximate surface area is 191 Å². The zero-order valence-electron chi connectivity index (χ0n) is 18.9. The van der Waals surface area contributed by atoms with Crippen LogP contribution >= 0.6 is 11.9 Å². The van der Waals surface area contributed by atoms with Crippen molar-refractivity contribution in [3.8, 4) is 11.1 Å². The van der Waals surface area contributed by atoms with Crippen LogP contribution in [-0.4, -0.2) is 21.7 Å². The molecule has 0 spiro atoms. The standard InChI is InChI=1S/C25H29F2N3OS/c1-15(2)30-25(31)23-20(21(28-32-4)11-12-22(23)29(30)3)14-17-8-6-10-19(24(17)27)16-7-5-9-18(26)13-16/h5-10,13,15,20-21,28H,11-12,14H2,1-4H3. The minimum atomic E-state index is -0.396. The van der Waals surface area contributed by atoms with Gasteiger partial charge in [0.15, 0.2) is 0 Å². The van der Waals surface area contributed by atoms with E-state index in [1.165, 1.54) is 24.1 Å². The van der Waals surface area contributed by atoms with E-state index in [9.17, 15) is 9.18 Å². The Hall–Kier alpha value is -2.38. The van der Waals surface area contributed by atoms with E-state index in [0.717, 1.165) is 24.1 Å². The second-order valence-electron chi connectivity index (χ2n) is 8.69. The lowest BCUT2D eigenvalue weighted by Crippen LogP contribution is -2.38. The third-order valence-electron chi connectivity index (χ3n) is 6.42. The van der Waals surface area contributed by atoms with Crippen molar-refractivity contribution < 1.29 is 8.78 Å². The number of nitrogens with one attached hydrogen (secondary N) is 1. The number of benzene rings is 2. The van der Waals surface area contributed by atoms with Gasteiger partial charge in [0, 0.05) is 41.9 Å². The molecule has 0 bridgehead atoms. The van der Waals surface area contributed by atoms with Crippen molar-refractivity contribution in [3.05, 3.63) is 81.3 Å². The molecule has 0 saturated carbocycles. The summed E-state index contributed by atoms with van der Waals surface area (Å²) in [6, 6.07) is 11.3. The molecule has 7 heteroatoms. The van der Waals surface area contributed by atoms with Crippen molar-refractivity contribution in [2.24, 2.45) is 7.05 Å². The summed E-state index contributed by atoms with van der Waals surface area (Å²) in [5, 5.41) is 0. The average Bonchev–Trinajstić information content (AvgIpc) is 3.01. The van der Waals surface area contributed by atoms with E-state index < -0.39 is 5.82 Å². The molecule has 4 nitrogen and oxygen atoms in total. The first kappa shape index (κ1) is 22.8. The van der Waals surface area contributed by atoms with Gasteiger partial charge < -0.3 is 0 Å². The van der Waals surface area contributed by atoms with Gasteiger partial charge in [-0.2, -0.15) is 0 Å². The van der Waals surface area contributed by atoms with Gasteiger partial charge in [0.1, 0.15) is 11.6 Å². The SMILES string of the molecule is CSNC1CCc2c(c(=O)n(C(C)C)n2C)C1Cc1cccc(-c2cccc(F)c2)c1F. The first-order chi connectivity index (χ1) is 15.3. The molecule has 170 valence electrons. The highest BCUT2D eigenvalue weighted by Crippen LogP contribution is 2.36. The monoisotopic (exact) mass is 457 g/mol. The van der Waals surface area contributed by atoms with Crippen molar-refractivity contribution >= 4 is 11.9 Å². The van der Waals surface area contributed by atoms with Crippen molar-refractivity contribution in [2.75, 3.05) is 6.26 Å². The lowest BCUT2D eigenvalue weighted by Gasteiger charge is -2.32. The van der Waals surface area contributed by atoms with Crippen molar-refractivity contribution in [3.63, 3.8) is 0 Å². The largest absolute Gasteiger partial charge is 0.289 e. The quantitative estimate of drug-likeness (QED) is 0.516. The lowest BCUT2D eigenvalue weighted by molar-refractivity contribution is 0.413. The molecule has 0 saturated heterocycles. The Morgan fingerprint density at radius 2 is 1.94 bits per heavy atom. The topological polar surface area (TPSA) is 39.0 Å². The van der Waals surface area contributed by atoms with Crippen LogP contribution in [0.2, 0.25) is 0 Å². The van der Waals surface area contributed by atoms with Gasteiger partial charge in [-0.05, 0) is 62.6 Å². The van der Waals surface area contributed by atoms with Crippen LogP contribution in [0.15, 0.2) is 47.3 Å². The summed E-state index contributed by atoms with van der Waals surface area (Å²) in [6.45, 7) is 4.00. The third kappa shape index (κ3) is 4.04. The fourth-order valence-electron chi connectivity index (χ4n) is 5.02. The highest BCUT2D eigenvalue weighted by Gasteiger charge is 2.36. The summed E-state index contributed by atoms with van der Waals surface area (Å²) in [6.07, 6.45) is 4.05. The summed E-state index contributed by atoms with van der Waals surface area (Å²) in [5.74, 6) is -0.901. The molecule has 1 aliphatic rings. The lowest BCUT2D eigenvalue weighted by atomic mass is 9.79. The summed E-state index contributed by atoms with van der Waals surface area (Å²) in [7, 11) is 1.94. The van der Waals surface area contributed by atoms with Gasteiger partial charge in [0.25, 0.3) is 5.56 Å². The summed E-state index contributed by atoms with van der Waals surface area (Å²) in [5.41, 5.74) is 3.26. The van der Waals surface area contributed by atoms with E-state index in [2.05, 4.69) is 4.72 Å². The number of nitrogens with zero attached hydrogens (tertiary/aromatic N) is 2. The molecule has 0 radical (unpaired) electrons. The zero-order chi connectivity index (χ0) is 23.0. The Kier molecular flexibility index (Phi) is 6.58. The molecule has 0 fully saturated rings. The highest BCUT2D eigenvalue weighted by molar-refractivity contribution is 7.96. The average molecular weight is 458 g/mol. The van der Waals surface area contributed by atoms with Crippen molar-refractivity contribution in [2.45, 2.75) is 51.1 Å². The molecule has 2 unspecified atom stereocenters. The van der Waals surface area contributed by atoms with Gasteiger partial charge in [-0.25, -0.2) is 13.5 Å². The Morgan fingerprint density at radius 1 is 1.19 bits per heavy atom. The molecule has 2 atom stereocenters. The minimum absolute atomic E-state index is 0.0109.